The minimum absolute atomic E-state index is 0.0524. The molecule has 0 aliphatic rings. The summed E-state index contributed by atoms with van der Waals surface area (Å²) in [5, 5.41) is 5.28. The highest BCUT2D eigenvalue weighted by molar-refractivity contribution is 5.94. The van der Waals surface area contributed by atoms with Crippen molar-refractivity contribution in [2.45, 2.75) is 18.9 Å². The Morgan fingerprint density at radius 2 is 1.95 bits per heavy atom. The number of carbonyl (C=O) groups is 2. The average molecular weight is 279 g/mol. The maximum atomic E-state index is 11.8. The molecule has 1 aromatic carbocycles. The van der Waals surface area contributed by atoms with Crippen LogP contribution in [0.25, 0.3) is 0 Å². The van der Waals surface area contributed by atoms with Gasteiger partial charge in [-0.15, -0.1) is 0 Å². The SMILES string of the molecule is CNC(=O)Cc1ccc(NC(=O)C(N)CCOC)cc1. The van der Waals surface area contributed by atoms with Crippen LogP contribution in [0, 0.1) is 0 Å². The fourth-order valence-corrected chi connectivity index (χ4v) is 1.59. The smallest absolute Gasteiger partial charge is 0.241 e. The van der Waals surface area contributed by atoms with Crippen LogP contribution in [0.4, 0.5) is 5.69 Å². The molecular weight excluding hydrogens is 258 g/mol. The van der Waals surface area contributed by atoms with Gasteiger partial charge in [-0.25, -0.2) is 0 Å². The molecule has 2 amide bonds. The standard InChI is InChI=1S/C14H21N3O3/c1-16-13(18)9-10-3-5-11(6-4-10)17-14(19)12(15)7-8-20-2/h3-6,12H,7-9,15H2,1-2H3,(H,16,18)(H,17,19). The molecule has 6 heteroatoms. The highest BCUT2D eigenvalue weighted by atomic mass is 16.5. The molecule has 0 spiro atoms. The quantitative estimate of drug-likeness (QED) is 0.668. The molecule has 0 fully saturated rings. The van der Waals surface area contributed by atoms with Crippen LogP contribution in [-0.2, 0) is 20.7 Å². The molecule has 0 bridgehead atoms. The van der Waals surface area contributed by atoms with Gasteiger partial charge in [0.15, 0.2) is 0 Å². The van der Waals surface area contributed by atoms with Crippen LogP contribution in [0.3, 0.4) is 0 Å². The first-order chi connectivity index (χ1) is 9.56. The number of likely N-dealkylation sites (N-methyl/N-ethyl adjacent to an activating group) is 1. The zero-order chi connectivity index (χ0) is 15.0. The molecule has 0 saturated carbocycles. The summed E-state index contributed by atoms with van der Waals surface area (Å²) in [6.45, 7) is 0.444. The molecule has 0 aliphatic carbocycles. The van der Waals surface area contributed by atoms with Gasteiger partial charge in [0.1, 0.15) is 0 Å². The van der Waals surface area contributed by atoms with Gasteiger partial charge in [-0.05, 0) is 24.1 Å². The Morgan fingerprint density at radius 3 is 2.50 bits per heavy atom. The number of methoxy groups -OCH3 is 1. The van der Waals surface area contributed by atoms with Gasteiger partial charge in [0.25, 0.3) is 0 Å². The number of amides is 2. The van der Waals surface area contributed by atoms with Gasteiger partial charge in [-0.1, -0.05) is 12.1 Å². The van der Waals surface area contributed by atoms with Gasteiger partial charge < -0.3 is 21.1 Å². The van der Waals surface area contributed by atoms with Crippen molar-refractivity contribution in [3.63, 3.8) is 0 Å². The average Bonchev–Trinajstić information content (AvgIpc) is 2.46. The van der Waals surface area contributed by atoms with E-state index in [4.69, 9.17) is 10.5 Å². The van der Waals surface area contributed by atoms with Gasteiger partial charge in [-0.2, -0.15) is 0 Å². The molecule has 0 heterocycles. The van der Waals surface area contributed by atoms with Crippen molar-refractivity contribution in [2.75, 3.05) is 26.1 Å². The van der Waals surface area contributed by atoms with E-state index in [0.717, 1.165) is 5.56 Å². The molecule has 20 heavy (non-hydrogen) atoms. The normalized spacial score (nSPS) is 11.8. The molecular formula is C14H21N3O3. The molecule has 1 unspecified atom stereocenters. The lowest BCUT2D eigenvalue weighted by Crippen LogP contribution is -2.36. The molecule has 110 valence electrons. The van der Waals surface area contributed by atoms with Crippen molar-refractivity contribution in [3.8, 4) is 0 Å². The Kier molecular flexibility index (Phi) is 6.69. The predicted octanol–water partition coefficient (Wildman–Crippen LogP) is 0.277. The molecule has 0 radical (unpaired) electrons. The van der Waals surface area contributed by atoms with Gasteiger partial charge in [0.2, 0.25) is 11.8 Å². The first-order valence-corrected chi connectivity index (χ1v) is 6.41. The van der Waals surface area contributed by atoms with Gasteiger partial charge in [0, 0.05) is 26.5 Å². The summed E-state index contributed by atoms with van der Waals surface area (Å²) in [5.41, 5.74) is 7.26. The van der Waals surface area contributed by atoms with Gasteiger partial charge in [-0.3, -0.25) is 9.59 Å². The Labute approximate surface area is 118 Å². The molecule has 6 nitrogen and oxygen atoms in total. The molecule has 0 saturated heterocycles. The minimum atomic E-state index is -0.597. The third-order valence-corrected chi connectivity index (χ3v) is 2.83. The van der Waals surface area contributed by atoms with Crippen molar-refractivity contribution in [1.29, 1.82) is 0 Å². The Balaban J connectivity index is 2.52. The van der Waals surface area contributed by atoms with Crippen molar-refractivity contribution in [1.82, 2.24) is 5.32 Å². The van der Waals surface area contributed by atoms with Crippen LogP contribution in [-0.4, -0.2) is 38.6 Å². The van der Waals surface area contributed by atoms with E-state index in [9.17, 15) is 9.59 Å². The lowest BCUT2D eigenvalue weighted by Gasteiger charge is -2.12. The topological polar surface area (TPSA) is 93.5 Å². The van der Waals surface area contributed by atoms with E-state index in [0.29, 0.717) is 25.1 Å². The molecule has 1 aromatic rings. The first kappa shape index (κ1) is 16.1. The molecule has 4 N–H and O–H groups in total. The lowest BCUT2D eigenvalue weighted by atomic mass is 10.1. The number of hydrogen-bond acceptors (Lipinski definition) is 4. The second kappa shape index (κ2) is 8.29. The highest BCUT2D eigenvalue weighted by Crippen LogP contribution is 2.10. The van der Waals surface area contributed by atoms with Crippen LogP contribution in [0.1, 0.15) is 12.0 Å². The second-order valence-electron chi connectivity index (χ2n) is 4.42. The van der Waals surface area contributed by atoms with Crippen molar-refractivity contribution >= 4 is 17.5 Å². The van der Waals surface area contributed by atoms with Crippen LogP contribution in [0.2, 0.25) is 0 Å². The number of rotatable bonds is 7. The summed E-state index contributed by atoms with van der Waals surface area (Å²) in [6.07, 6.45) is 0.787. The molecule has 1 rings (SSSR count). The monoisotopic (exact) mass is 279 g/mol. The summed E-state index contributed by atoms with van der Waals surface area (Å²) in [5.74, 6) is -0.301. The van der Waals surface area contributed by atoms with Crippen LogP contribution < -0.4 is 16.4 Å². The van der Waals surface area contributed by atoms with E-state index in [2.05, 4.69) is 10.6 Å². The van der Waals surface area contributed by atoms with E-state index in [1.807, 2.05) is 0 Å². The second-order valence-corrected chi connectivity index (χ2v) is 4.42. The van der Waals surface area contributed by atoms with E-state index in [1.54, 1.807) is 38.4 Å². The van der Waals surface area contributed by atoms with Crippen molar-refractivity contribution < 1.29 is 14.3 Å². The fourth-order valence-electron chi connectivity index (χ4n) is 1.59. The Morgan fingerprint density at radius 1 is 1.30 bits per heavy atom. The zero-order valence-corrected chi connectivity index (χ0v) is 11.8. The molecule has 0 aliphatic heterocycles. The van der Waals surface area contributed by atoms with Gasteiger partial charge >= 0.3 is 0 Å². The summed E-state index contributed by atoms with van der Waals surface area (Å²) in [7, 11) is 3.16. The highest BCUT2D eigenvalue weighted by Gasteiger charge is 2.13. The Hall–Kier alpha value is -1.92. The van der Waals surface area contributed by atoms with E-state index >= 15 is 0 Å². The number of hydrogen-bond donors (Lipinski definition) is 3. The van der Waals surface area contributed by atoms with Crippen LogP contribution in [0.5, 0.6) is 0 Å². The summed E-state index contributed by atoms with van der Waals surface area (Å²) in [4.78, 5) is 23.0. The van der Waals surface area contributed by atoms with Gasteiger partial charge in [0.05, 0.1) is 12.5 Å². The minimum Gasteiger partial charge on any atom is -0.385 e. The van der Waals surface area contributed by atoms with Crippen LogP contribution >= 0.6 is 0 Å². The summed E-state index contributed by atoms with van der Waals surface area (Å²) < 4.78 is 4.88. The van der Waals surface area contributed by atoms with Crippen molar-refractivity contribution in [3.05, 3.63) is 29.8 Å². The first-order valence-electron chi connectivity index (χ1n) is 6.41. The van der Waals surface area contributed by atoms with E-state index in [-0.39, 0.29) is 11.8 Å². The summed E-state index contributed by atoms with van der Waals surface area (Å²) in [6, 6.07) is 6.50. The number of nitrogens with one attached hydrogen (secondary N) is 2. The molecule has 1 atom stereocenters. The van der Waals surface area contributed by atoms with E-state index < -0.39 is 6.04 Å². The Bertz CT molecular complexity index is 445. The number of nitrogens with two attached hydrogens (primary N) is 1. The third kappa shape index (κ3) is 5.38. The number of anilines is 1. The maximum Gasteiger partial charge on any atom is 0.241 e. The van der Waals surface area contributed by atoms with Crippen LogP contribution in [0.15, 0.2) is 24.3 Å². The summed E-state index contributed by atoms with van der Waals surface area (Å²) >= 11 is 0. The fraction of sp³-hybridized carbons (Fsp3) is 0.429. The molecule has 0 aromatic heterocycles. The van der Waals surface area contributed by atoms with E-state index in [1.165, 1.54) is 0 Å². The zero-order valence-electron chi connectivity index (χ0n) is 11.8. The lowest BCUT2D eigenvalue weighted by molar-refractivity contribution is -0.120. The number of ether oxygens (including phenoxy) is 1. The number of carbonyl (C=O) groups excluding carboxylic acids is 2. The largest absolute Gasteiger partial charge is 0.385 e. The maximum absolute atomic E-state index is 11.8. The van der Waals surface area contributed by atoms with Crippen molar-refractivity contribution in [2.24, 2.45) is 5.73 Å². The third-order valence-electron chi connectivity index (χ3n) is 2.83. The predicted molar refractivity (Wildman–Crippen MR) is 77.3 cm³/mol. The number of benzene rings is 1.